The van der Waals surface area contributed by atoms with Crippen LogP contribution in [0.25, 0.3) is 16.8 Å². The van der Waals surface area contributed by atoms with Crippen LogP contribution in [0.1, 0.15) is 5.69 Å². The molecule has 0 aliphatic rings. The molecule has 0 saturated carbocycles. The zero-order valence-corrected chi connectivity index (χ0v) is 18.2. The summed E-state index contributed by atoms with van der Waals surface area (Å²) in [5.41, 5.74) is 5.49. The Bertz CT molecular complexity index is 1110. The van der Waals surface area contributed by atoms with Gasteiger partial charge in [0.1, 0.15) is 10.8 Å². The third-order valence-electron chi connectivity index (χ3n) is 4.70. The minimum absolute atomic E-state index is 0.779. The summed E-state index contributed by atoms with van der Waals surface area (Å²) in [6, 6.07) is 24.5. The van der Waals surface area contributed by atoms with Crippen molar-refractivity contribution in [3.8, 4) is 16.8 Å². The van der Waals surface area contributed by atoms with Crippen LogP contribution < -0.4 is 5.32 Å². The van der Waals surface area contributed by atoms with Gasteiger partial charge in [0, 0.05) is 24.0 Å². The summed E-state index contributed by atoms with van der Waals surface area (Å²) in [7, 11) is 4.17. The maximum Gasteiger partial charge on any atom is 0.130 e. The first-order valence-corrected chi connectivity index (χ1v) is 11.0. The molecule has 30 heavy (non-hydrogen) atoms. The fourth-order valence-corrected chi connectivity index (χ4v) is 4.02. The van der Waals surface area contributed by atoms with Gasteiger partial charge in [-0.05, 0) is 62.3 Å². The largest absolute Gasteiger partial charge is 0.340 e. The lowest BCUT2D eigenvalue weighted by Crippen LogP contribution is -2.15. The van der Waals surface area contributed by atoms with E-state index >= 15 is 0 Å². The van der Waals surface area contributed by atoms with E-state index in [4.69, 9.17) is 5.10 Å². The normalized spacial score (nSPS) is 11.1. The number of rotatable bonds is 7. The van der Waals surface area contributed by atoms with Gasteiger partial charge in [0.25, 0.3) is 0 Å². The van der Waals surface area contributed by atoms with Gasteiger partial charge in [0.15, 0.2) is 0 Å². The third kappa shape index (κ3) is 4.40. The molecule has 0 unspecified atom stereocenters. The van der Waals surface area contributed by atoms with Gasteiger partial charge >= 0.3 is 0 Å². The van der Waals surface area contributed by atoms with Gasteiger partial charge in [-0.15, -0.1) is 11.8 Å². The van der Waals surface area contributed by atoms with Crippen LogP contribution in [0.15, 0.2) is 84.0 Å². The molecular formula is C24H25N5S. The highest BCUT2D eigenvalue weighted by Gasteiger charge is 2.21. The quantitative estimate of drug-likeness (QED) is 0.406. The number of pyridine rings is 1. The van der Waals surface area contributed by atoms with Gasteiger partial charge in [-0.25, -0.2) is 9.67 Å². The van der Waals surface area contributed by atoms with Crippen molar-refractivity contribution in [2.45, 2.75) is 11.6 Å². The Morgan fingerprint density at radius 1 is 0.967 bits per heavy atom. The lowest BCUT2D eigenvalue weighted by atomic mass is 10.1. The molecule has 0 saturated heterocycles. The van der Waals surface area contributed by atoms with Crippen molar-refractivity contribution in [3.63, 3.8) is 0 Å². The van der Waals surface area contributed by atoms with E-state index in [1.54, 1.807) is 11.8 Å². The molecule has 2 heterocycles. The number of anilines is 2. The van der Waals surface area contributed by atoms with Gasteiger partial charge in [0.2, 0.25) is 0 Å². The summed E-state index contributed by atoms with van der Waals surface area (Å²) in [6.07, 6.45) is 3.93. The number of para-hydroxylation sites is 2. The topological polar surface area (TPSA) is 46.0 Å². The average molecular weight is 416 g/mol. The van der Waals surface area contributed by atoms with E-state index in [1.165, 1.54) is 0 Å². The van der Waals surface area contributed by atoms with Gasteiger partial charge in [0.05, 0.1) is 11.4 Å². The van der Waals surface area contributed by atoms with E-state index < -0.39 is 0 Å². The van der Waals surface area contributed by atoms with Crippen molar-refractivity contribution in [1.29, 1.82) is 0 Å². The molecule has 0 aliphatic carbocycles. The third-order valence-corrected chi connectivity index (χ3v) is 5.38. The average Bonchev–Trinajstić information content (AvgIpc) is 3.13. The summed E-state index contributed by atoms with van der Waals surface area (Å²) in [6.45, 7) is 0.779. The second-order valence-corrected chi connectivity index (χ2v) is 8.03. The monoisotopic (exact) mass is 415 g/mol. The van der Waals surface area contributed by atoms with Crippen LogP contribution in [0.4, 0.5) is 11.5 Å². The molecule has 0 atom stereocenters. The smallest absolute Gasteiger partial charge is 0.130 e. The standard InChI is InChI=1S/C24H25N5S/c1-28(2)17-21-23(24(30-3)27-29(21)20-12-8-5-9-13-20)18-14-15-25-22(16-18)26-19-10-6-4-7-11-19/h4-16H,17H2,1-3H3,(H,25,26). The zero-order chi connectivity index (χ0) is 20.9. The number of aromatic nitrogens is 3. The highest BCUT2D eigenvalue weighted by atomic mass is 32.2. The molecule has 2 aromatic heterocycles. The minimum atomic E-state index is 0.779. The number of hydrogen-bond donors (Lipinski definition) is 1. The van der Waals surface area contributed by atoms with Crippen molar-refractivity contribution in [2.24, 2.45) is 0 Å². The molecule has 0 fully saturated rings. The predicted octanol–water partition coefficient (Wildman–Crippen LogP) is 5.46. The van der Waals surface area contributed by atoms with Crippen LogP contribution in [-0.4, -0.2) is 40.0 Å². The molecule has 2 aromatic carbocycles. The molecule has 5 nitrogen and oxygen atoms in total. The first kappa shape index (κ1) is 20.2. The highest BCUT2D eigenvalue weighted by Crippen LogP contribution is 2.36. The molecule has 4 aromatic rings. The Labute approximate surface area is 181 Å². The second kappa shape index (κ2) is 9.15. The summed E-state index contributed by atoms with van der Waals surface area (Å²) >= 11 is 1.67. The molecule has 6 heteroatoms. The predicted molar refractivity (Wildman–Crippen MR) is 126 cm³/mol. The molecule has 1 N–H and O–H groups in total. The summed E-state index contributed by atoms with van der Waals surface area (Å²) < 4.78 is 2.06. The van der Waals surface area contributed by atoms with Gasteiger partial charge in [-0.3, -0.25) is 0 Å². The molecule has 0 bridgehead atoms. The molecule has 0 amide bonds. The number of nitrogens with one attached hydrogen (secondary N) is 1. The lowest BCUT2D eigenvalue weighted by molar-refractivity contribution is 0.392. The van der Waals surface area contributed by atoms with E-state index in [-0.39, 0.29) is 0 Å². The number of thioether (sulfide) groups is 1. The zero-order valence-electron chi connectivity index (χ0n) is 17.4. The lowest BCUT2D eigenvalue weighted by Gasteiger charge is -2.15. The Balaban J connectivity index is 1.82. The number of benzene rings is 2. The molecule has 0 spiro atoms. The summed E-state index contributed by atoms with van der Waals surface area (Å²) in [4.78, 5) is 6.69. The highest BCUT2D eigenvalue weighted by molar-refractivity contribution is 7.98. The van der Waals surface area contributed by atoms with Crippen LogP contribution >= 0.6 is 11.8 Å². The van der Waals surface area contributed by atoms with Crippen molar-refractivity contribution in [3.05, 3.63) is 84.7 Å². The molecular weight excluding hydrogens is 390 g/mol. The number of hydrogen-bond acceptors (Lipinski definition) is 5. The van der Waals surface area contributed by atoms with Crippen LogP contribution in [0.5, 0.6) is 0 Å². The summed E-state index contributed by atoms with van der Waals surface area (Å²) in [5.74, 6) is 0.814. The van der Waals surface area contributed by atoms with E-state index in [1.807, 2.05) is 54.7 Å². The van der Waals surface area contributed by atoms with E-state index in [0.717, 1.165) is 45.6 Å². The molecule has 152 valence electrons. The number of nitrogens with zero attached hydrogens (tertiary/aromatic N) is 4. The van der Waals surface area contributed by atoms with E-state index in [0.29, 0.717) is 0 Å². The Kier molecular flexibility index (Phi) is 6.16. The van der Waals surface area contributed by atoms with Crippen molar-refractivity contribution in [2.75, 3.05) is 25.7 Å². The van der Waals surface area contributed by atoms with Crippen LogP contribution in [-0.2, 0) is 6.54 Å². The van der Waals surface area contributed by atoms with Crippen LogP contribution in [0.2, 0.25) is 0 Å². The van der Waals surface area contributed by atoms with Crippen molar-refractivity contribution < 1.29 is 0 Å². The van der Waals surface area contributed by atoms with Crippen LogP contribution in [0.3, 0.4) is 0 Å². The first-order valence-electron chi connectivity index (χ1n) is 9.80. The van der Waals surface area contributed by atoms with E-state index in [2.05, 4.69) is 64.5 Å². The fraction of sp³-hybridized carbons (Fsp3) is 0.167. The SMILES string of the molecule is CSc1nn(-c2ccccc2)c(CN(C)C)c1-c1ccnc(Nc2ccccc2)c1. The Morgan fingerprint density at radius 3 is 2.33 bits per heavy atom. The molecule has 0 radical (unpaired) electrons. The minimum Gasteiger partial charge on any atom is -0.340 e. The van der Waals surface area contributed by atoms with Crippen LogP contribution in [0, 0.1) is 0 Å². The first-order chi connectivity index (χ1) is 14.7. The maximum atomic E-state index is 4.95. The van der Waals surface area contributed by atoms with Gasteiger partial charge < -0.3 is 10.2 Å². The summed E-state index contributed by atoms with van der Waals surface area (Å²) in [5, 5.41) is 9.36. The Hall–Kier alpha value is -3.09. The maximum absolute atomic E-state index is 4.95. The van der Waals surface area contributed by atoms with E-state index in [9.17, 15) is 0 Å². The Morgan fingerprint density at radius 2 is 1.67 bits per heavy atom. The fourth-order valence-electron chi connectivity index (χ4n) is 3.42. The second-order valence-electron chi connectivity index (χ2n) is 7.24. The molecule has 4 rings (SSSR count). The van der Waals surface area contributed by atoms with Crippen molar-refractivity contribution in [1.82, 2.24) is 19.7 Å². The van der Waals surface area contributed by atoms with Gasteiger partial charge in [-0.2, -0.15) is 5.10 Å². The van der Waals surface area contributed by atoms with Gasteiger partial charge in [-0.1, -0.05) is 36.4 Å². The molecule has 0 aliphatic heterocycles. The van der Waals surface area contributed by atoms with Crippen molar-refractivity contribution >= 4 is 23.3 Å².